The maximum Gasteiger partial charge on any atom is 0.253 e. The molecule has 2 rings (SSSR count). The largest absolute Gasteiger partial charge is 0.303 e. The normalized spacial score (nSPS) is 19.8. The van der Waals surface area contributed by atoms with Crippen molar-refractivity contribution in [3.63, 3.8) is 0 Å². The van der Waals surface area contributed by atoms with Crippen molar-refractivity contribution in [2.75, 3.05) is 50.8 Å². The van der Waals surface area contributed by atoms with E-state index in [-0.39, 0.29) is 0 Å². The summed E-state index contributed by atoms with van der Waals surface area (Å²) in [5.74, 6) is 1.51. The van der Waals surface area contributed by atoms with Gasteiger partial charge in [-0.05, 0) is 112 Å². The Bertz CT molecular complexity index is 400. The molecule has 0 aliphatic carbocycles. The van der Waals surface area contributed by atoms with E-state index in [2.05, 4.69) is 9.80 Å². The smallest absolute Gasteiger partial charge is 0.253 e. The number of rotatable bonds is 14. The molecule has 0 aromatic rings. The Morgan fingerprint density at radius 3 is 1.40 bits per heavy atom. The van der Waals surface area contributed by atoms with E-state index >= 15 is 0 Å². The van der Waals surface area contributed by atoms with Crippen LogP contribution in [0.3, 0.4) is 0 Å². The van der Waals surface area contributed by atoms with E-state index in [0.717, 1.165) is 58.8 Å². The molecule has 0 unspecified atom stereocenters. The second-order valence-corrected chi connectivity index (χ2v) is 14.1. The Morgan fingerprint density at radius 1 is 0.600 bits per heavy atom. The molecule has 7 heteroatoms. The fourth-order valence-corrected chi connectivity index (χ4v) is 8.69. The molecule has 0 aromatic heterocycles. The summed E-state index contributed by atoms with van der Waals surface area (Å²) >= 11 is 0. The van der Waals surface area contributed by atoms with Gasteiger partial charge in [-0.25, -0.2) is 8.42 Å². The van der Waals surface area contributed by atoms with Gasteiger partial charge in [-0.15, -0.1) is 0 Å². The second-order valence-electron chi connectivity index (χ2n) is 7.27. The third kappa shape index (κ3) is 10.5. The van der Waals surface area contributed by atoms with Crippen molar-refractivity contribution in [1.82, 2.24) is 9.80 Å². The van der Waals surface area contributed by atoms with Gasteiger partial charge in [-0.2, -0.15) is 0 Å². The Balaban J connectivity index is 1.37. The molecule has 2 fully saturated rings. The van der Waals surface area contributed by atoms with Crippen molar-refractivity contribution in [2.45, 2.75) is 64.2 Å². The lowest BCUT2D eigenvalue weighted by molar-refractivity contribution is 0.330. The molecule has 0 spiro atoms. The molecule has 0 radical (unpaired) electrons. The predicted octanol–water partition coefficient (Wildman–Crippen LogP) is 4.23. The summed E-state index contributed by atoms with van der Waals surface area (Å²) in [6.45, 7) is 7.44. The first kappa shape index (κ1) is 21.9. The fourth-order valence-electron chi connectivity index (χ4n) is 3.60. The molecular formula is C18H36N2O2S3. The van der Waals surface area contributed by atoms with Gasteiger partial charge in [-0.3, -0.25) is 0 Å². The summed E-state index contributed by atoms with van der Waals surface area (Å²) in [6.07, 6.45) is 12.2. The number of nitrogens with zero attached hydrogens (tertiary/aromatic N) is 2. The van der Waals surface area contributed by atoms with Crippen LogP contribution >= 0.6 is 21.6 Å². The lowest BCUT2D eigenvalue weighted by atomic mass is 10.2. The average molecular weight is 409 g/mol. The van der Waals surface area contributed by atoms with Crippen molar-refractivity contribution < 1.29 is 8.42 Å². The van der Waals surface area contributed by atoms with Crippen LogP contribution in [0.5, 0.6) is 0 Å². The molecule has 148 valence electrons. The number of unbranched alkanes of at least 4 members (excludes halogenated alkanes) is 4. The summed E-state index contributed by atoms with van der Waals surface area (Å²) in [7, 11) is -0.657. The molecular weight excluding hydrogens is 372 g/mol. The minimum atomic E-state index is -2.97. The Labute approximate surface area is 162 Å². The van der Waals surface area contributed by atoms with E-state index in [1.165, 1.54) is 77.8 Å². The molecule has 4 nitrogen and oxygen atoms in total. The van der Waals surface area contributed by atoms with Gasteiger partial charge in [0.1, 0.15) is 0 Å². The van der Waals surface area contributed by atoms with Crippen LogP contribution in [0.25, 0.3) is 0 Å². The molecule has 0 bridgehead atoms. The minimum Gasteiger partial charge on any atom is -0.303 e. The average Bonchev–Trinajstić information content (AvgIpc) is 3.27. The summed E-state index contributed by atoms with van der Waals surface area (Å²) in [5.41, 5.74) is 0. The zero-order chi connectivity index (χ0) is 17.8. The fraction of sp³-hybridized carbons (Fsp3) is 1.00. The lowest BCUT2D eigenvalue weighted by Gasteiger charge is -2.13. The van der Waals surface area contributed by atoms with Gasteiger partial charge in [0.15, 0.2) is 0 Å². The van der Waals surface area contributed by atoms with E-state index in [4.69, 9.17) is 0 Å². The third-order valence-corrected chi connectivity index (χ3v) is 11.0. The number of hydrogen-bond donors (Lipinski definition) is 0. The van der Waals surface area contributed by atoms with Crippen LogP contribution in [0.4, 0.5) is 0 Å². The molecule has 0 saturated carbocycles. The highest BCUT2D eigenvalue weighted by Crippen LogP contribution is 2.28. The Hall–Kier alpha value is 0.570. The molecule has 0 N–H and O–H groups in total. The summed E-state index contributed by atoms with van der Waals surface area (Å²) in [6, 6.07) is 0. The van der Waals surface area contributed by atoms with Crippen molar-refractivity contribution in [1.29, 1.82) is 0 Å². The van der Waals surface area contributed by atoms with E-state index in [9.17, 15) is 8.42 Å². The quantitative estimate of drug-likeness (QED) is 0.316. The molecule has 0 amide bonds. The Kier molecular flexibility index (Phi) is 11.3. The predicted molar refractivity (Wildman–Crippen MR) is 113 cm³/mol. The summed E-state index contributed by atoms with van der Waals surface area (Å²) < 4.78 is 24.0. The van der Waals surface area contributed by atoms with E-state index in [0.29, 0.717) is 0 Å². The van der Waals surface area contributed by atoms with Gasteiger partial charge >= 0.3 is 0 Å². The van der Waals surface area contributed by atoms with E-state index in [1.54, 1.807) is 0 Å². The first-order chi connectivity index (χ1) is 12.2. The second kappa shape index (κ2) is 12.9. The van der Waals surface area contributed by atoms with Gasteiger partial charge < -0.3 is 9.80 Å². The van der Waals surface area contributed by atoms with Crippen molar-refractivity contribution in [3.05, 3.63) is 0 Å². The third-order valence-electron chi connectivity index (χ3n) is 5.09. The van der Waals surface area contributed by atoms with Gasteiger partial charge in [0.2, 0.25) is 0 Å². The molecule has 2 aliphatic rings. The molecule has 0 atom stereocenters. The monoisotopic (exact) mass is 408 g/mol. The number of likely N-dealkylation sites (tertiary alicyclic amines) is 2. The topological polar surface area (TPSA) is 40.6 Å². The van der Waals surface area contributed by atoms with E-state index < -0.39 is 7.90 Å². The molecule has 0 aromatic carbocycles. The lowest BCUT2D eigenvalue weighted by Crippen LogP contribution is -2.20. The maximum absolute atomic E-state index is 12.0. The van der Waals surface area contributed by atoms with Crippen LogP contribution in [-0.2, 0) is 7.90 Å². The summed E-state index contributed by atoms with van der Waals surface area (Å²) in [4.78, 5) is 5.06. The zero-order valence-corrected chi connectivity index (χ0v) is 18.1. The summed E-state index contributed by atoms with van der Waals surface area (Å²) in [5, 5.41) is 0. The highest BCUT2D eigenvalue weighted by molar-refractivity contribution is 9.04. The van der Waals surface area contributed by atoms with Crippen molar-refractivity contribution in [3.8, 4) is 0 Å². The first-order valence-electron chi connectivity index (χ1n) is 10.1. The minimum absolute atomic E-state index is 0.754. The van der Waals surface area contributed by atoms with Crippen molar-refractivity contribution >= 4 is 29.5 Å². The van der Waals surface area contributed by atoms with Crippen LogP contribution in [0.15, 0.2) is 0 Å². The Morgan fingerprint density at radius 2 is 1.00 bits per heavy atom. The SMILES string of the molecule is O=S(=O)(SCCCCCN1CCCC1)SCCCCCN1CCCC1. The van der Waals surface area contributed by atoms with Gasteiger partial charge in [-0.1, -0.05) is 12.8 Å². The van der Waals surface area contributed by atoms with Gasteiger partial charge in [0.05, 0.1) is 0 Å². The van der Waals surface area contributed by atoms with E-state index in [1.807, 2.05) is 0 Å². The molecule has 25 heavy (non-hydrogen) atoms. The van der Waals surface area contributed by atoms with Crippen molar-refractivity contribution in [2.24, 2.45) is 0 Å². The van der Waals surface area contributed by atoms with Crippen LogP contribution < -0.4 is 0 Å². The number of hydrogen-bond acceptors (Lipinski definition) is 6. The van der Waals surface area contributed by atoms with Crippen LogP contribution in [-0.4, -0.2) is 69.0 Å². The van der Waals surface area contributed by atoms with Gasteiger partial charge in [0.25, 0.3) is 7.90 Å². The molecule has 2 aliphatic heterocycles. The molecule has 2 heterocycles. The first-order valence-corrected chi connectivity index (χ1v) is 14.6. The zero-order valence-electron chi connectivity index (χ0n) is 15.7. The van der Waals surface area contributed by atoms with Crippen LogP contribution in [0.1, 0.15) is 64.2 Å². The highest BCUT2D eigenvalue weighted by atomic mass is 33.5. The molecule has 2 saturated heterocycles. The highest BCUT2D eigenvalue weighted by Gasteiger charge is 2.13. The maximum atomic E-state index is 12.0. The van der Waals surface area contributed by atoms with Crippen LogP contribution in [0.2, 0.25) is 0 Å². The standard InChI is InChI=1S/C18H36N2O2S3/c21-25(22,23-17-9-1-3-11-19-13-5-6-14-19)24-18-10-2-4-12-20-15-7-8-16-20/h1-18H2. The van der Waals surface area contributed by atoms with Crippen LogP contribution in [0, 0.1) is 0 Å². The van der Waals surface area contributed by atoms with Gasteiger partial charge in [0, 0.05) is 11.5 Å².